The Hall–Kier alpha value is -1.60. The summed E-state index contributed by atoms with van der Waals surface area (Å²) in [5.74, 6) is -0.00262. The van der Waals surface area contributed by atoms with E-state index in [9.17, 15) is 13.2 Å². The van der Waals surface area contributed by atoms with E-state index in [1.54, 1.807) is 12.1 Å². The second-order valence-electron chi connectivity index (χ2n) is 5.37. The molecular formula is C15H21NO5S. The second-order valence-corrected chi connectivity index (χ2v) is 7.60. The summed E-state index contributed by atoms with van der Waals surface area (Å²) in [5.41, 5.74) is 0.187. The number of likely N-dealkylation sites (N-methyl/N-ethyl adjacent to an activating group) is 1. The van der Waals surface area contributed by atoms with E-state index < -0.39 is 15.8 Å². The van der Waals surface area contributed by atoms with E-state index in [2.05, 4.69) is 4.90 Å². The van der Waals surface area contributed by atoms with Crippen molar-refractivity contribution in [3.8, 4) is 5.75 Å². The Morgan fingerprint density at radius 3 is 2.82 bits per heavy atom. The number of carboxylic acid groups (broad SMARTS) is 1. The summed E-state index contributed by atoms with van der Waals surface area (Å²) >= 11 is 0. The third kappa shape index (κ3) is 4.45. The fraction of sp³-hybridized carbons (Fsp3) is 0.533. The van der Waals surface area contributed by atoms with Gasteiger partial charge in [-0.15, -0.1) is 0 Å². The standard InChI is InChI=1S/C15H21NO5S/c1-2-16(13-6-9-22(19,20)11-13)7-8-21-14-5-3-4-12(10-14)15(17)18/h3-5,10,13H,2,6-9,11H2,1H3,(H,17,18). The third-order valence-electron chi connectivity index (χ3n) is 3.86. The summed E-state index contributed by atoms with van der Waals surface area (Å²) in [6.07, 6.45) is 0.671. The molecule has 0 amide bonds. The lowest BCUT2D eigenvalue weighted by Crippen LogP contribution is -2.38. The quantitative estimate of drug-likeness (QED) is 0.812. The van der Waals surface area contributed by atoms with Crippen LogP contribution in [0.2, 0.25) is 0 Å². The summed E-state index contributed by atoms with van der Waals surface area (Å²) in [6.45, 7) is 3.77. The minimum Gasteiger partial charge on any atom is -0.492 e. The molecule has 6 nitrogen and oxygen atoms in total. The largest absolute Gasteiger partial charge is 0.492 e. The lowest BCUT2D eigenvalue weighted by atomic mass is 10.2. The topological polar surface area (TPSA) is 83.9 Å². The number of sulfone groups is 1. The summed E-state index contributed by atoms with van der Waals surface area (Å²) in [4.78, 5) is 13.0. The number of hydrogen-bond acceptors (Lipinski definition) is 5. The van der Waals surface area contributed by atoms with Crippen molar-refractivity contribution in [3.63, 3.8) is 0 Å². The highest BCUT2D eigenvalue weighted by molar-refractivity contribution is 7.91. The van der Waals surface area contributed by atoms with Crippen LogP contribution in [-0.4, -0.2) is 61.6 Å². The van der Waals surface area contributed by atoms with Crippen LogP contribution in [0.3, 0.4) is 0 Å². The van der Waals surface area contributed by atoms with E-state index >= 15 is 0 Å². The molecule has 1 aromatic carbocycles. The van der Waals surface area contributed by atoms with Crippen molar-refractivity contribution in [2.24, 2.45) is 0 Å². The van der Waals surface area contributed by atoms with Crippen LogP contribution < -0.4 is 4.74 Å². The molecule has 0 aliphatic carbocycles. The molecule has 1 aromatic rings. The highest BCUT2D eigenvalue weighted by Crippen LogP contribution is 2.18. The van der Waals surface area contributed by atoms with Gasteiger partial charge in [-0.1, -0.05) is 13.0 Å². The van der Waals surface area contributed by atoms with E-state index in [0.717, 1.165) is 6.54 Å². The molecule has 1 atom stereocenters. The molecule has 122 valence electrons. The number of benzene rings is 1. The van der Waals surface area contributed by atoms with Gasteiger partial charge in [0.05, 0.1) is 17.1 Å². The first-order valence-corrected chi connectivity index (χ1v) is 9.14. The van der Waals surface area contributed by atoms with Crippen molar-refractivity contribution in [2.75, 3.05) is 31.2 Å². The van der Waals surface area contributed by atoms with Crippen LogP contribution >= 0.6 is 0 Å². The number of carbonyl (C=O) groups is 1. The molecule has 1 N–H and O–H groups in total. The molecular weight excluding hydrogens is 306 g/mol. The first-order chi connectivity index (χ1) is 10.4. The van der Waals surface area contributed by atoms with Crippen molar-refractivity contribution < 1.29 is 23.1 Å². The number of aromatic carboxylic acids is 1. The lowest BCUT2D eigenvalue weighted by molar-refractivity contribution is 0.0696. The lowest BCUT2D eigenvalue weighted by Gasteiger charge is -2.26. The molecule has 1 fully saturated rings. The smallest absolute Gasteiger partial charge is 0.335 e. The van der Waals surface area contributed by atoms with Gasteiger partial charge in [0.25, 0.3) is 0 Å². The van der Waals surface area contributed by atoms with E-state index in [1.165, 1.54) is 12.1 Å². The molecule has 1 unspecified atom stereocenters. The molecule has 1 saturated heterocycles. The molecule has 0 radical (unpaired) electrons. The Labute approximate surface area is 130 Å². The van der Waals surface area contributed by atoms with Crippen LogP contribution in [0.15, 0.2) is 24.3 Å². The third-order valence-corrected chi connectivity index (χ3v) is 5.61. The van der Waals surface area contributed by atoms with E-state index in [-0.39, 0.29) is 23.1 Å². The van der Waals surface area contributed by atoms with Gasteiger partial charge in [0.15, 0.2) is 9.84 Å². The zero-order valence-corrected chi connectivity index (χ0v) is 13.4. The maximum atomic E-state index is 11.5. The van der Waals surface area contributed by atoms with Gasteiger partial charge in [0.1, 0.15) is 12.4 Å². The van der Waals surface area contributed by atoms with Gasteiger partial charge in [-0.05, 0) is 31.2 Å². The summed E-state index contributed by atoms with van der Waals surface area (Å²) < 4.78 is 28.7. The van der Waals surface area contributed by atoms with Crippen molar-refractivity contribution >= 4 is 15.8 Å². The minimum atomic E-state index is -2.89. The minimum absolute atomic E-state index is 0.0592. The van der Waals surface area contributed by atoms with E-state index in [4.69, 9.17) is 9.84 Å². The fourth-order valence-electron chi connectivity index (χ4n) is 2.66. The van der Waals surface area contributed by atoms with Gasteiger partial charge in [-0.3, -0.25) is 4.90 Å². The molecule has 0 aromatic heterocycles. The first-order valence-electron chi connectivity index (χ1n) is 7.32. The van der Waals surface area contributed by atoms with Gasteiger partial charge in [-0.2, -0.15) is 0 Å². The molecule has 1 aliphatic heterocycles. The number of hydrogen-bond donors (Lipinski definition) is 1. The van der Waals surface area contributed by atoms with Crippen LogP contribution in [0.5, 0.6) is 5.75 Å². The summed E-state index contributed by atoms with van der Waals surface area (Å²) in [7, 11) is -2.89. The Morgan fingerprint density at radius 1 is 1.45 bits per heavy atom. The normalized spacial score (nSPS) is 20.2. The van der Waals surface area contributed by atoms with Gasteiger partial charge < -0.3 is 9.84 Å². The van der Waals surface area contributed by atoms with Crippen molar-refractivity contribution in [2.45, 2.75) is 19.4 Å². The number of rotatable bonds is 7. The Balaban J connectivity index is 1.87. The maximum absolute atomic E-state index is 11.5. The molecule has 1 heterocycles. The fourth-order valence-corrected chi connectivity index (χ4v) is 4.42. The van der Waals surface area contributed by atoms with Gasteiger partial charge in [0.2, 0.25) is 0 Å². The van der Waals surface area contributed by atoms with Crippen LogP contribution in [0.1, 0.15) is 23.7 Å². The highest BCUT2D eigenvalue weighted by atomic mass is 32.2. The Kier molecular flexibility index (Phi) is 5.42. The Morgan fingerprint density at radius 2 is 2.23 bits per heavy atom. The molecule has 0 bridgehead atoms. The predicted octanol–water partition coefficient (Wildman–Crippen LogP) is 1.27. The van der Waals surface area contributed by atoms with Crippen LogP contribution in [-0.2, 0) is 9.84 Å². The Bertz CT molecular complexity index is 629. The van der Waals surface area contributed by atoms with Crippen molar-refractivity contribution in [1.82, 2.24) is 4.90 Å². The van der Waals surface area contributed by atoms with Crippen LogP contribution in [0, 0.1) is 0 Å². The zero-order valence-electron chi connectivity index (χ0n) is 12.6. The van der Waals surface area contributed by atoms with Gasteiger partial charge in [0, 0.05) is 12.6 Å². The molecule has 7 heteroatoms. The number of ether oxygens (including phenoxy) is 1. The van der Waals surface area contributed by atoms with Crippen LogP contribution in [0.25, 0.3) is 0 Å². The van der Waals surface area contributed by atoms with E-state index in [1.807, 2.05) is 6.92 Å². The molecule has 0 spiro atoms. The highest BCUT2D eigenvalue weighted by Gasteiger charge is 2.31. The van der Waals surface area contributed by atoms with Gasteiger partial charge >= 0.3 is 5.97 Å². The van der Waals surface area contributed by atoms with Crippen LogP contribution in [0.4, 0.5) is 0 Å². The zero-order chi connectivity index (χ0) is 16.2. The first kappa shape index (κ1) is 16.8. The van der Waals surface area contributed by atoms with Crippen molar-refractivity contribution in [1.29, 1.82) is 0 Å². The summed E-state index contributed by atoms with van der Waals surface area (Å²) in [5, 5.41) is 8.93. The van der Waals surface area contributed by atoms with Gasteiger partial charge in [-0.25, -0.2) is 13.2 Å². The van der Waals surface area contributed by atoms with Crippen molar-refractivity contribution in [3.05, 3.63) is 29.8 Å². The second kappa shape index (κ2) is 7.11. The average Bonchev–Trinajstić information content (AvgIpc) is 2.84. The number of carboxylic acids is 1. The predicted molar refractivity (Wildman–Crippen MR) is 83.2 cm³/mol. The maximum Gasteiger partial charge on any atom is 0.335 e. The molecule has 22 heavy (non-hydrogen) atoms. The summed E-state index contributed by atoms with van der Waals surface area (Å²) in [6, 6.07) is 6.40. The molecule has 1 aliphatic rings. The monoisotopic (exact) mass is 327 g/mol. The van der Waals surface area contributed by atoms with E-state index in [0.29, 0.717) is 25.3 Å². The SMILES string of the molecule is CCN(CCOc1cccc(C(=O)O)c1)C1CCS(=O)(=O)C1. The molecule has 2 rings (SSSR count). The number of nitrogens with zero attached hydrogens (tertiary/aromatic N) is 1. The molecule has 0 saturated carbocycles. The average molecular weight is 327 g/mol.